The molecule has 0 unspecified atom stereocenters. The van der Waals surface area contributed by atoms with Crippen LogP contribution in [0.2, 0.25) is 0 Å². The number of hydrogen-bond acceptors (Lipinski definition) is 5. The van der Waals surface area contributed by atoms with Gasteiger partial charge in [0, 0.05) is 18.3 Å². The summed E-state index contributed by atoms with van der Waals surface area (Å²) < 4.78 is 38.6. The van der Waals surface area contributed by atoms with Gasteiger partial charge in [-0.15, -0.1) is 0 Å². The third-order valence-electron chi connectivity index (χ3n) is 4.94. The third kappa shape index (κ3) is 7.26. The molecule has 0 saturated heterocycles. The first-order valence-corrected chi connectivity index (χ1v) is 10.8. The summed E-state index contributed by atoms with van der Waals surface area (Å²) in [6.07, 6.45) is 3.85. The van der Waals surface area contributed by atoms with Crippen LogP contribution in [0, 0.1) is 12.7 Å². The molecule has 0 N–H and O–H groups in total. The van der Waals surface area contributed by atoms with Crippen molar-refractivity contribution in [2.24, 2.45) is 7.05 Å². The van der Waals surface area contributed by atoms with Crippen molar-refractivity contribution in [1.82, 2.24) is 24.9 Å². The first-order chi connectivity index (χ1) is 16.1. The monoisotopic (exact) mass is 473 g/mol. The van der Waals surface area contributed by atoms with E-state index in [1.807, 2.05) is 30.8 Å². The predicted molar refractivity (Wildman–Crippen MR) is 126 cm³/mol. The summed E-state index contributed by atoms with van der Waals surface area (Å²) in [5, 5.41) is 8.39. The Morgan fingerprint density at radius 2 is 1.65 bits per heavy atom. The van der Waals surface area contributed by atoms with Crippen LogP contribution >= 0.6 is 0 Å². The van der Waals surface area contributed by atoms with Gasteiger partial charge in [-0.05, 0) is 36.5 Å². The molecule has 6 nitrogen and oxygen atoms in total. The van der Waals surface area contributed by atoms with Crippen molar-refractivity contribution in [2.75, 3.05) is 6.93 Å². The van der Waals surface area contributed by atoms with E-state index in [4.69, 9.17) is 4.52 Å². The average Bonchev–Trinajstić information content (AvgIpc) is 3.43. The van der Waals surface area contributed by atoms with Crippen LogP contribution in [-0.2, 0) is 18.9 Å². The van der Waals surface area contributed by atoms with Crippen molar-refractivity contribution < 1.29 is 17.7 Å². The van der Waals surface area contributed by atoms with Gasteiger partial charge in [-0.2, -0.15) is 10.1 Å². The molecule has 4 aromatic rings. The van der Waals surface area contributed by atoms with E-state index < -0.39 is 6.93 Å². The van der Waals surface area contributed by atoms with Gasteiger partial charge in [0.15, 0.2) is 0 Å². The normalized spacial score (nSPS) is 10.7. The zero-order chi connectivity index (χ0) is 25.3. The molecule has 0 fully saturated rings. The van der Waals surface area contributed by atoms with E-state index in [-0.39, 0.29) is 11.2 Å². The van der Waals surface area contributed by atoms with Gasteiger partial charge < -0.3 is 4.52 Å². The predicted octanol–water partition coefficient (Wildman–Crippen LogP) is 6.41. The van der Waals surface area contributed by atoms with Gasteiger partial charge >= 0.3 is 0 Å². The van der Waals surface area contributed by atoms with Gasteiger partial charge in [0.05, 0.1) is 23.7 Å². The van der Waals surface area contributed by atoms with E-state index in [1.54, 1.807) is 12.3 Å². The Morgan fingerprint density at radius 3 is 2.15 bits per heavy atom. The second-order valence-electron chi connectivity index (χ2n) is 8.45. The standard InChI is InChI=1S/C18H22N4O.C6H6FN.CH2F2/c1-6-15-14(11-19-22(15)5)17-20-16(21-23-17)12-7-9-13(10-8-12)18(2,3)4;1-5-2-3-6(7)4-8-5;2-1-3/h7-11H,6H2,1-5H3;2-4H,1H3;1H2. The molecule has 0 radical (unpaired) electrons. The third-order valence-corrected chi connectivity index (χ3v) is 4.94. The van der Waals surface area contributed by atoms with Crippen LogP contribution in [0.1, 0.15) is 44.6 Å². The van der Waals surface area contributed by atoms with Crippen LogP contribution in [0.3, 0.4) is 0 Å². The number of halogens is 3. The molecule has 0 bridgehead atoms. The van der Waals surface area contributed by atoms with Gasteiger partial charge in [0.2, 0.25) is 12.8 Å². The molecule has 3 aromatic heterocycles. The smallest absolute Gasteiger partial charge is 0.261 e. The largest absolute Gasteiger partial charge is 0.333 e. The van der Waals surface area contributed by atoms with Crippen molar-refractivity contribution in [1.29, 1.82) is 0 Å². The highest BCUT2D eigenvalue weighted by molar-refractivity contribution is 5.61. The molecule has 0 aliphatic heterocycles. The highest BCUT2D eigenvalue weighted by Gasteiger charge is 2.18. The fraction of sp³-hybridized carbons (Fsp3) is 0.360. The molecule has 3 heterocycles. The summed E-state index contributed by atoms with van der Waals surface area (Å²) in [4.78, 5) is 8.24. The minimum absolute atomic E-state index is 0.132. The molecule has 0 amide bonds. The number of benzene rings is 1. The lowest BCUT2D eigenvalue weighted by Crippen LogP contribution is -2.10. The topological polar surface area (TPSA) is 69.6 Å². The highest BCUT2D eigenvalue weighted by Crippen LogP contribution is 2.27. The van der Waals surface area contributed by atoms with Crippen molar-refractivity contribution in [3.05, 3.63) is 71.6 Å². The fourth-order valence-electron chi connectivity index (χ4n) is 3.08. The number of nitrogens with zero attached hydrogens (tertiary/aromatic N) is 5. The van der Waals surface area contributed by atoms with Gasteiger partial charge in [0.1, 0.15) is 5.82 Å². The van der Waals surface area contributed by atoms with Crippen LogP contribution in [0.25, 0.3) is 22.8 Å². The number of alkyl halides is 2. The lowest BCUT2D eigenvalue weighted by Gasteiger charge is -2.18. The molecule has 0 aliphatic carbocycles. The second-order valence-corrected chi connectivity index (χ2v) is 8.45. The molecular formula is C25H30F3N5O. The molecule has 34 heavy (non-hydrogen) atoms. The maximum absolute atomic E-state index is 12.0. The molecule has 9 heteroatoms. The Kier molecular flexibility index (Phi) is 9.53. The van der Waals surface area contributed by atoms with Crippen LogP contribution in [0.15, 0.2) is 53.3 Å². The van der Waals surface area contributed by atoms with Crippen molar-refractivity contribution in [3.63, 3.8) is 0 Å². The lowest BCUT2D eigenvalue weighted by atomic mass is 9.87. The Bertz CT molecular complexity index is 1130. The summed E-state index contributed by atoms with van der Waals surface area (Å²) in [6, 6.07) is 11.3. The zero-order valence-electron chi connectivity index (χ0n) is 20.3. The van der Waals surface area contributed by atoms with Crippen molar-refractivity contribution in [2.45, 2.75) is 46.5 Å². The van der Waals surface area contributed by atoms with E-state index >= 15 is 0 Å². The Balaban J connectivity index is 0.000000309. The molecule has 1 aromatic carbocycles. The first-order valence-electron chi connectivity index (χ1n) is 10.8. The fourth-order valence-corrected chi connectivity index (χ4v) is 3.08. The van der Waals surface area contributed by atoms with Gasteiger partial charge in [-0.25, -0.2) is 13.2 Å². The van der Waals surface area contributed by atoms with Gasteiger partial charge in [-0.3, -0.25) is 9.67 Å². The minimum atomic E-state index is -1.75. The van der Waals surface area contributed by atoms with Crippen LogP contribution < -0.4 is 0 Å². The van der Waals surface area contributed by atoms with E-state index in [0.29, 0.717) is 11.7 Å². The number of hydrogen-bond donors (Lipinski definition) is 0. The first kappa shape index (κ1) is 26.8. The SMILES string of the molecule is CCc1c(-c2nc(-c3ccc(C(C)(C)C)cc3)no2)cnn1C.Cc1ccc(F)cn1.FCF. The molecule has 0 saturated carbocycles. The van der Waals surface area contributed by atoms with E-state index in [1.165, 1.54) is 17.8 Å². The van der Waals surface area contributed by atoms with Gasteiger partial charge in [0.25, 0.3) is 5.89 Å². The molecule has 182 valence electrons. The lowest BCUT2D eigenvalue weighted by molar-refractivity contribution is 0.295. The number of aryl methyl sites for hydroxylation is 2. The van der Waals surface area contributed by atoms with Crippen LogP contribution in [0.5, 0.6) is 0 Å². The van der Waals surface area contributed by atoms with E-state index in [0.717, 1.165) is 28.9 Å². The average molecular weight is 474 g/mol. The summed E-state index contributed by atoms with van der Waals surface area (Å²) in [7, 11) is 1.92. The summed E-state index contributed by atoms with van der Waals surface area (Å²) in [5.41, 5.74) is 5.20. The summed E-state index contributed by atoms with van der Waals surface area (Å²) >= 11 is 0. The van der Waals surface area contributed by atoms with Crippen LogP contribution in [-0.4, -0.2) is 31.8 Å². The molecular weight excluding hydrogens is 443 g/mol. The quantitative estimate of drug-likeness (QED) is 0.344. The van der Waals surface area contributed by atoms with Gasteiger partial charge in [-0.1, -0.05) is 57.1 Å². The maximum Gasteiger partial charge on any atom is 0.261 e. The Morgan fingerprint density at radius 1 is 1.00 bits per heavy atom. The van der Waals surface area contributed by atoms with Crippen LogP contribution in [0.4, 0.5) is 13.2 Å². The maximum atomic E-state index is 12.0. The number of pyridine rings is 1. The van der Waals surface area contributed by atoms with Crippen molar-refractivity contribution in [3.8, 4) is 22.8 Å². The molecule has 4 rings (SSSR count). The van der Waals surface area contributed by atoms with E-state index in [9.17, 15) is 13.2 Å². The highest BCUT2D eigenvalue weighted by atomic mass is 19.3. The summed E-state index contributed by atoms with van der Waals surface area (Å²) in [5.74, 6) is 0.840. The Hall–Kier alpha value is -3.49. The number of rotatable bonds is 3. The molecule has 0 atom stereocenters. The molecule has 0 spiro atoms. The minimum Gasteiger partial charge on any atom is -0.333 e. The number of aromatic nitrogens is 5. The van der Waals surface area contributed by atoms with Crippen molar-refractivity contribution >= 4 is 0 Å². The molecule has 0 aliphatic rings. The summed E-state index contributed by atoms with van der Waals surface area (Å²) in [6.45, 7) is 8.75. The van der Waals surface area contributed by atoms with E-state index in [2.05, 4.69) is 60.1 Å². The second kappa shape index (κ2) is 12.1. The zero-order valence-corrected chi connectivity index (χ0v) is 20.3. The Labute approximate surface area is 197 Å².